The predicted molar refractivity (Wildman–Crippen MR) is 106 cm³/mol. The SMILES string of the molecule is C[C@H](CO)C1CCC2C3CCC4CC5(CCC4(C)C3CCC21C)OCCO5. The van der Waals surface area contributed by atoms with Crippen LogP contribution in [0.5, 0.6) is 0 Å². The van der Waals surface area contributed by atoms with Crippen LogP contribution >= 0.6 is 0 Å². The van der Waals surface area contributed by atoms with Crippen molar-refractivity contribution in [1.82, 2.24) is 0 Å². The van der Waals surface area contributed by atoms with E-state index in [0.717, 1.165) is 55.6 Å². The van der Waals surface area contributed by atoms with Crippen molar-refractivity contribution in [1.29, 1.82) is 0 Å². The van der Waals surface area contributed by atoms with Crippen molar-refractivity contribution in [3.8, 4) is 0 Å². The summed E-state index contributed by atoms with van der Waals surface area (Å²) in [5.74, 6) is 4.46. The number of hydrogen-bond donors (Lipinski definition) is 1. The lowest BCUT2D eigenvalue weighted by atomic mass is 9.44. The zero-order chi connectivity index (χ0) is 18.9. The first kappa shape index (κ1) is 18.9. The van der Waals surface area contributed by atoms with Gasteiger partial charge in [0.2, 0.25) is 0 Å². The highest BCUT2D eigenvalue weighted by Crippen LogP contribution is 2.69. The Morgan fingerprint density at radius 1 is 0.889 bits per heavy atom. The van der Waals surface area contributed by atoms with Crippen molar-refractivity contribution in [2.45, 2.75) is 84.3 Å². The van der Waals surface area contributed by atoms with Crippen LogP contribution in [0.2, 0.25) is 0 Å². The summed E-state index contributed by atoms with van der Waals surface area (Å²) >= 11 is 0. The smallest absolute Gasteiger partial charge is 0.168 e. The van der Waals surface area contributed by atoms with Crippen molar-refractivity contribution in [2.75, 3.05) is 19.8 Å². The minimum atomic E-state index is -0.227. The first-order chi connectivity index (χ1) is 12.9. The van der Waals surface area contributed by atoms with Crippen LogP contribution in [0, 0.1) is 46.3 Å². The van der Waals surface area contributed by atoms with E-state index in [1.54, 1.807) is 0 Å². The number of ether oxygens (including phenoxy) is 2. The van der Waals surface area contributed by atoms with Crippen LogP contribution in [-0.2, 0) is 9.47 Å². The molecule has 0 aromatic heterocycles. The van der Waals surface area contributed by atoms with Crippen LogP contribution in [0.3, 0.4) is 0 Å². The Morgan fingerprint density at radius 3 is 2.37 bits per heavy atom. The molecule has 4 saturated carbocycles. The standard InChI is InChI=1S/C24H40O3/c1-16(15-25)19-6-7-20-18-5-4-17-14-24(26-12-13-27-24)11-10-22(17,2)21(18)8-9-23(19,20)3/h16-21,25H,4-15H2,1-3H3/t16-,17?,18?,19?,20?,21?,22?,23?/m1/s1. The second-order valence-corrected chi connectivity index (χ2v) is 11.4. The summed E-state index contributed by atoms with van der Waals surface area (Å²) < 4.78 is 12.2. The second-order valence-electron chi connectivity index (χ2n) is 11.4. The summed E-state index contributed by atoms with van der Waals surface area (Å²) in [6.07, 6.45) is 11.9. The van der Waals surface area contributed by atoms with Crippen molar-refractivity contribution >= 4 is 0 Å². The zero-order valence-electron chi connectivity index (χ0n) is 17.7. The van der Waals surface area contributed by atoms with Gasteiger partial charge in [-0.05, 0) is 91.3 Å². The van der Waals surface area contributed by atoms with Gasteiger partial charge in [0.1, 0.15) is 0 Å². The molecule has 5 aliphatic rings. The Balaban J connectivity index is 1.38. The number of aliphatic hydroxyl groups is 1. The van der Waals surface area contributed by atoms with Crippen LogP contribution < -0.4 is 0 Å². The molecular weight excluding hydrogens is 336 g/mol. The summed E-state index contributed by atoms with van der Waals surface area (Å²) in [4.78, 5) is 0. The third-order valence-electron chi connectivity index (χ3n) is 10.5. The molecule has 1 spiro atoms. The number of fused-ring (bicyclic) bond motifs is 5. The van der Waals surface area contributed by atoms with E-state index in [4.69, 9.17) is 9.47 Å². The largest absolute Gasteiger partial charge is 0.396 e. The summed E-state index contributed by atoms with van der Waals surface area (Å²) in [7, 11) is 0. The summed E-state index contributed by atoms with van der Waals surface area (Å²) in [6, 6.07) is 0. The molecular formula is C24H40O3. The molecule has 0 amide bonds. The van der Waals surface area contributed by atoms with Crippen LogP contribution in [0.15, 0.2) is 0 Å². The Hall–Kier alpha value is -0.120. The molecule has 5 rings (SSSR count). The third kappa shape index (κ3) is 2.63. The van der Waals surface area contributed by atoms with Gasteiger partial charge in [0.05, 0.1) is 13.2 Å². The van der Waals surface area contributed by atoms with E-state index in [1.807, 2.05) is 0 Å². The minimum absolute atomic E-state index is 0.227. The molecule has 8 atom stereocenters. The maximum absolute atomic E-state index is 9.80. The average molecular weight is 377 g/mol. The fraction of sp³-hybridized carbons (Fsp3) is 1.00. The van der Waals surface area contributed by atoms with Crippen LogP contribution in [0.1, 0.15) is 78.6 Å². The molecule has 1 heterocycles. The maximum Gasteiger partial charge on any atom is 0.168 e. The first-order valence-electron chi connectivity index (χ1n) is 11.8. The van der Waals surface area contributed by atoms with Gasteiger partial charge in [0.15, 0.2) is 5.79 Å². The summed E-state index contributed by atoms with van der Waals surface area (Å²) in [6.45, 7) is 9.44. The van der Waals surface area contributed by atoms with E-state index < -0.39 is 0 Å². The lowest BCUT2D eigenvalue weighted by Crippen LogP contribution is -2.56. The topological polar surface area (TPSA) is 38.7 Å². The Kier molecular flexibility index (Phi) is 4.50. The molecule has 0 radical (unpaired) electrons. The summed E-state index contributed by atoms with van der Waals surface area (Å²) in [5, 5.41) is 9.80. The highest BCUT2D eigenvalue weighted by molar-refractivity contribution is 5.10. The van der Waals surface area contributed by atoms with E-state index in [1.165, 1.54) is 44.9 Å². The van der Waals surface area contributed by atoms with Gasteiger partial charge >= 0.3 is 0 Å². The van der Waals surface area contributed by atoms with Crippen LogP contribution in [-0.4, -0.2) is 30.7 Å². The Morgan fingerprint density at radius 2 is 1.63 bits per heavy atom. The van der Waals surface area contributed by atoms with Gasteiger partial charge in [0, 0.05) is 19.4 Å². The molecule has 27 heavy (non-hydrogen) atoms. The average Bonchev–Trinajstić information content (AvgIpc) is 3.26. The fourth-order valence-electron chi connectivity index (χ4n) is 9.06. The van der Waals surface area contributed by atoms with Crippen molar-refractivity contribution in [3.63, 3.8) is 0 Å². The monoisotopic (exact) mass is 376 g/mol. The number of rotatable bonds is 2. The van der Waals surface area contributed by atoms with Gasteiger partial charge in [-0.2, -0.15) is 0 Å². The molecule has 1 aliphatic heterocycles. The highest BCUT2D eigenvalue weighted by Gasteiger charge is 2.62. The Labute approximate surface area is 165 Å². The fourth-order valence-corrected chi connectivity index (χ4v) is 9.06. The summed E-state index contributed by atoms with van der Waals surface area (Å²) in [5.41, 5.74) is 0.964. The molecule has 3 heteroatoms. The van der Waals surface area contributed by atoms with E-state index in [0.29, 0.717) is 23.4 Å². The normalized spacial score (nSPS) is 52.2. The zero-order valence-corrected chi connectivity index (χ0v) is 17.7. The van der Waals surface area contributed by atoms with Gasteiger partial charge in [-0.3, -0.25) is 0 Å². The third-order valence-corrected chi connectivity index (χ3v) is 10.5. The van der Waals surface area contributed by atoms with Crippen molar-refractivity contribution in [3.05, 3.63) is 0 Å². The molecule has 1 N–H and O–H groups in total. The quantitative estimate of drug-likeness (QED) is 0.736. The molecule has 0 aromatic carbocycles. The second kappa shape index (κ2) is 6.44. The molecule has 0 aromatic rings. The van der Waals surface area contributed by atoms with E-state index in [-0.39, 0.29) is 5.79 Å². The van der Waals surface area contributed by atoms with Gasteiger partial charge < -0.3 is 14.6 Å². The van der Waals surface area contributed by atoms with Crippen LogP contribution in [0.25, 0.3) is 0 Å². The van der Waals surface area contributed by atoms with Gasteiger partial charge in [-0.25, -0.2) is 0 Å². The molecule has 0 bridgehead atoms. The lowest BCUT2D eigenvalue weighted by Gasteiger charge is -2.62. The van der Waals surface area contributed by atoms with Gasteiger partial charge in [0.25, 0.3) is 0 Å². The molecule has 1 saturated heterocycles. The molecule has 5 fully saturated rings. The van der Waals surface area contributed by atoms with E-state index in [2.05, 4.69) is 20.8 Å². The van der Waals surface area contributed by atoms with Crippen molar-refractivity contribution < 1.29 is 14.6 Å². The number of hydrogen-bond acceptors (Lipinski definition) is 3. The molecule has 4 aliphatic carbocycles. The van der Waals surface area contributed by atoms with E-state index in [9.17, 15) is 5.11 Å². The van der Waals surface area contributed by atoms with Crippen molar-refractivity contribution in [2.24, 2.45) is 46.3 Å². The molecule has 3 nitrogen and oxygen atoms in total. The van der Waals surface area contributed by atoms with Crippen LogP contribution in [0.4, 0.5) is 0 Å². The highest BCUT2D eigenvalue weighted by atomic mass is 16.7. The lowest BCUT2D eigenvalue weighted by molar-refractivity contribution is -0.229. The Bertz CT molecular complexity index is 570. The van der Waals surface area contributed by atoms with Gasteiger partial charge in [-0.15, -0.1) is 0 Å². The predicted octanol–water partition coefficient (Wildman–Crippen LogP) is 5.02. The maximum atomic E-state index is 9.80. The van der Waals surface area contributed by atoms with E-state index >= 15 is 0 Å². The molecule has 7 unspecified atom stereocenters. The molecule has 154 valence electrons. The first-order valence-corrected chi connectivity index (χ1v) is 11.8. The number of aliphatic hydroxyl groups excluding tert-OH is 1. The minimum Gasteiger partial charge on any atom is -0.396 e. The van der Waals surface area contributed by atoms with Gasteiger partial charge in [-0.1, -0.05) is 20.8 Å².